The summed E-state index contributed by atoms with van der Waals surface area (Å²) >= 11 is 0. The summed E-state index contributed by atoms with van der Waals surface area (Å²) in [5.41, 5.74) is 1.94. The number of hydrogen-bond donors (Lipinski definition) is 1. The molecule has 1 aliphatic heterocycles. The molecule has 2 aromatic heterocycles. The topological polar surface area (TPSA) is 57.8 Å². The van der Waals surface area contributed by atoms with E-state index in [4.69, 9.17) is 5.11 Å². The first-order valence-electron chi connectivity index (χ1n) is 6.13. The number of pyridine rings is 1. The average Bonchev–Trinajstić information content (AvgIpc) is 2.97. The van der Waals surface area contributed by atoms with Crippen LogP contribution in [0.1, 0.15) is 18.5 Å². The van der Waals surface area contributed by atoms with E-state index in [2.05, 4.69) is 4.98 Å². The minimum atomic E-state index is -0.721. The maximum Gasteiger partial charge on any atom is 0.320 e. The highest BCUT2D eigenvalue weighted by Gasteiger charge is 2.30. The number of aliphatic carboxylic acids is 1. The van der Waals surface area contributed by atoms with Crippen LogP contribution >= 0.6 is 0 Å². The Morgan fingerprint density at radius 1 is 1.50 bits per heavy atom. The lowest BCUT2D eigenvalue weighted by molar-refractivity contribution is -0.142. The van der Waals surface area contributed by atoms with Crippen molar-refractivity contribution in [1.29, 1.82) is 0 Å². The molecule has 18 heavy (non-hydrogen) atoms. The summed E-state index contributed by atoms with van der Waals surface area (Å²) in [6.07, 6.45) is 5.48. The Bertz CT molecular complexity index is 578. The van der Waals surface area contributed by atoms with E-state index >= 15 is 0 Å². The molecule has 0 saturated carbocycles. The van der Waals surface area contributed by atoms with E-state index in [0.717, 1.165) is 30.7 Å². The molecule has 1 fully saturated rings. The molecular formula is C13H15N3O2. The maximum absolute atomic E-state index is 11.1. The van der Waals surface area contributed by atoms with Crippen LogP contribution in [0.5, 0.6) is 0 Å². The van der Waals surface area contributed by atoms with Gasteiger partial charge in [0.1, 0.15) is 11.7 Å². The van der Waals surface area contributed by atoms with Gasteiger partial charge in [0.25, 0.3) is 0 Å². The zero-order valence-electron chi connectivity index (χ0n) is 9.99. The lowest BCUT2D eigenvalue weighted by Crippen LogP contribution is -2.35. The third-order valence-corrected chi connectivity index (χ3v) is 3.51. The molecule has 1 aliphatic rings. The molecule has 5 heteroatoms. The van der Waals surface area contributed by atoms with E-state index in [1.807, 2.05) is 39.9 Å². The van der Waals surface area contributed by atoms with Gasteiger partial charge in [0.05, 0.1) is 11.9 Å². The van der Waals surface area contributed by atoms with E-state index in [0.29, 0.717) is 6.54 Å². The molecule has 94 valence electrons. The Hall–Kier alpha value is -1.88. The highest BCUT2D eigenvalue weighted by Crippen LogP contribution is 2.20. The first kappa shape index (κ1) is 11.2. The van der Waals surface area contributed by atoms with Gasteiger partial charge >= 0.3 is 5.97 Å². The first-order valence-corrected chi connectivity index (χ1v) is 6.13. The smallest absolute Gasteiger partial charge is 0.320 e. The molecular weight excluding hydrogens is 230 g/mol. The van der Waals surface area contributed by atoms with Crippen molar-refractivity contribution < 1.29 is 9.90 Å². The number of carboxylic acids is 1. The summed E-state index contributed by atoms with van der Waals surface area (Å²) in [6, 6.07) is 5.50. The van der Waals surface area contributed by atoms with Gasteiger partial charge in [0.2, 0.25) is 0 Å². The Kier molecular flexibility index (Phi) is 2.76. The zero-order valence-corrected chi connectivity index (χ0v) is 9.99. The predicted molar refractivity (Wildman–Crippen MR) is 66.3 cm³/mol. The highest BCUT2D eigenvalue weighted by atomic mass is 16.4. The average molecular weight is 245 g/mol. The maximum atomic E-state index is 11.1. The normalized spacial score (nSPS) is 20.6. The molecule has 0 amide bonds. The summed E-state index contributed by atoms with van der Waals surface area (Å²) in [4.78, 5) is 17.5. The van der Waals surface area contributed by atoms with Crippen molar-refractivity contribution in [3.63, 3.8) is 0 Å². The van der Waals surface area contributed by atoms with Crippen LogP contribution in [0.4, 0.5) is 0 Å². The van der Waals surface area contributed by atoms with Crippen molar-refractivity contribution in [3.8, 4) is 0 Å². The van der Waals surface area contributed by atoms with Gasteiger partial charge < -0.3 is 9.51 Å². The minimum absolute atomic E-state index is 0.348. The van der Waals surface area contributed by atoms with Crippen molar-refractivity contribution in [1.82, 2.24) is 14.3 Å². The molecule has 0 unspecified atom stereocenters. The fourth-order valence-electron chi connectivity index (χ4n) is 2.61. The molecule has 1 atom stereocenters. The molecule has 1 N–H and O–H groups in total. The van der Waals surface area contributed by atoms with E-state index in [1.54, 1.807) is 0 Å². The SMILES string of the molecule is O=C(O)[C@H]1CCCN1Cc1cnc2ccccn12. The van der Waals surface area contributed by atoms with Crippen LogP contribution in [0.25, 0.3) is 5.65 Å². The molecule has 0 spiro atoms. The summed E-state index contributed by atoms with van der Waals surface area (Å²) in [6.45, 7) is 1.49. The number of fused-ring (bicyclic) bond motifs is 1. The Morgan fingerprint density at radius 3 is 3.22 bits per heavy atom. The second-order valence-electron chi connectivity index (χ2n) is 4.65. The second kappa shape index (κ2) is 4.42. The molecule has 5 nitrogen and oxygen atoms in total. The molecule has 3 rings (SSSR count). The molecule has 0 aliphatic carbocycles. The van der Waals surface area contributed by atoms with Gasteiger partial charge in [0.15, 0.2) is 0 Å². The second-order valence-corrected chi connectivity index (χ2v) is 4.65. The Balaban J connectivity index is 1.86. The number of rotatable bonds is 3. The summed E-state index contributed by atoms with van der Waals surface area (Å²) in [7, 11) is 0. The summed E-state index contributed by atoms with van der Waals surface area (Å²) in [5.74, 6) is -0.721. The molecule has 0 radical (unpaired) electrons. The first-order chi connectivity index (χ1) is 8.75. The van der Waals surface area contributed by atoms with Crippen LogP contribution in [-0.2, 0) is 11.3 Å². The zero-order chi connectivity index (χ0) is 12.5. The predicted octanol–water partition coefficient (Wildman–Crippen LogP) is 1.38. The van der Waals surface area contributed by atoms with Crippen molar-refractivity contribution in [2.24, 2.45) is 0 Å². The van der Waals surface area contributed by atoms with Gasteiger partial charge in [0, 0.05) is 12.7 Å². The fourth-order valence-corrected chi connectivity index (χ4v) is 2.61. The van der Waals surface area contributed by atoms with Crippen molar-refractivity contribution >= 4 is 11.6 Å². The third-order valence-electron chi connectivity index (χ3n) is 3.51. The minimum Gasteiger partial charge on any atom is -0.480 e. The summed E-state index contributed by atoms with van der Waals surface area (Å²) in [5, 5.41) is 9.16. The molecule has 0 aromatic carbocycles. The van der Waals surface area contributed by atoms with E-state index in [9.17, 15) is 4.79 Å². The molecule has 2 aromatic rings. The van der Waals surface area contributed by atoms with Gasteiger partial charge in [-0.15, -0.1) is 0 Å². The number of hydrogen-bond acceptors (Lipinski definition) is 3. The van der Waals surface area contributed by atoms with E-state index in [1.165, 1.54) is 0 Å². The number of carbonyl (C=O) groups is 1. The van der Waals surface area contributed by atoms with Crippen molar-refractivity contribution in [3.05, 3.63) is 36.3 Å². The number of carboxylic acid groups (broad SMARTS) is 1. The van der Waals surface area contributed by atoms with Crippen LogP contribution in [0, 0.1) is 0 Å². The van der Waals surface area contributed by atoms with Crippen LogP contribution < -0.4 is 0 Å². The standard InChI is InChI=1S/C13H15N3O2/c17-13(18)11-4-3-6-15(11)9-10-8-14-12-5-1-2-7-16(10)12/h1-2,5,7-8,11H,3-4,6,9H2,(H,17,18)/t11-/m1/s1. The van der Waals surface area contributed by atoms with Gasteiger partial charge in [-0.3, -0.25) is 9.69 Å². The van der Waals surface area contributed by atoms with Gasteiger partial charge in [-0.25, -0.2) is 4.98 Å². The number of likely N-dealkylation sites (tertiary alicyclic amines) is 1. The van der Waals surface area contributed by atoms with Crippen molar-refractivity contribution in [2.75, 3.05) is 6.54 Å². The number of nitrogens with zero attached hydrogens (tertiary/aromatic N) is 3. The lowest BCUT2D eigenvalue weighted by Gasteiger charge is -2.20. The van der Waals surface area contributed by atoms with Gasteiger partial charge in [-0.05, 0) is 31.5 Å². The van der Waals surface area contributed by atoms with Crippen LogP contribution in [0.2, 0.25) is 0 Å². The van der Waals surface area contributed by atoms with Crippen LogP contribution in [-0.4, -0.2) is 37.9 Å². The summed E-state index contributed by atoms with van der Waals surface area (Å²) < 4.78 is 2.01. The third kappa shape index (κ3) is 1.86. The lowest BCUT2D eigenvalue weighted by atomic mass is 10.2. The Labute approximate surface area is 105 Å². The Morgan fingerprint density at radius 2 is 2.39 bits per heavy atom. The number of imidazole rings is 1. The highest BCUT2D eigenvalue weighted by molar-refractivity contribution is 5.73. The van der Waals surface area contributed by atoms with Gasteiger partial charge in [-0.2, -0.15) is 0 Å². The van der Waals surface area contributed by atoms with Crippen molar-refractivity contribution in [2.45, 2.75) is 25.4 Å². The quantitative estimate of drug-likeness (QED) is 0.887. The fraction of sp³-hybridized carbons (Fsp3) is 0.385. The molecule has 3 heterocycles. The largest absolute Gasteiger partial charge is 0.480 e. The van der Waals surface area contributed by atoms with Crippen LogP contribution in [0.3, 0.4) is 0 Å². The number of aromatic nitrogens is 2. The van der Waals surface area contributed by atoms with E-state index in [-0.39, 0.29) is 6.04 Å². The van der Waals surface area contributed by atoms with Gasteiger partial charge in [-0.1, -0.05) is 6.07 Å². The van der Waals surface area contributed by atoms with E-state index < -0.39 is 5.97 Å². The van der Waals surface area contributed by atoms with Crippen LogP contribution in [0.15, 0.2) is 30.6 Å². The monoisotopic (exact) mass is 245 g/mol. The molecule has 1 saturated heterocycles. The molecule has 0 bridgehead atoms.